The minimum atomic E-state index is -0.129. The third-order valence-electron chi connectivity index (χ3n) is 2.79. The summed E-state index contributed by atoms with van der Waals surface area (Å²) in [6, 6.07) is 5.29. The van der Waals surface area contributed by atoms with Crippen LogP contribution in [0.25, 0.3) is 0 Å². The summed E-state index contributed by atoms with van der Waals surface area (Å²) in [6.45, 7) is 6.08. The van der Waals surface area contributed by atoms with Crippen molar-refractivity contribution in [2.75, 3.05) is 11.4 Å². The second kappa shape index (κ2) is 4.80. The van der Waals surface area contributed by atoms with Crippen LogP contribution in [0.5, 0.6) is 5.75 Å². The Balaban J connectivity index is 2.43. The fourth-order valence-corrected chi connectivity index (χ4v) is 2.02. The molecule has 1 aliphatic heterocycles. The monoisotopic (exact) mass is 251 g/mol. The molecule has 1 amide bonds. The van der Waals surface area contributed by atoms with Crippen molar-refractivity contribution in [2.45, 2.75) is 19.4 Å². The highest BCUT2D eigenvalue weighted by atomic mass is 35.5. The molecule has 1 atom stereocenters. The fraction of sp³-hybridized carbons (Fsp3) is 0.308. The maximum Gasteiger partial charge on any atom is 0.250 e. The molecule has 0 radical (unpaired) electrons. The number of anilines is 1. The molecule has 3 nitrogen and oxygen atoms in total. The molecule has 2 rings (SSSR count). The van der Waals surface area contributed by atoms with Crippen molar-refractivity contribution in [2.24, 2.45) is 0 Å². The molecular formula is C13H14ClNO2. The lowest BCUT2D eigenvalue weighted by molar-refractivity contribution is -0.114. The van der Waals surface area contributed by atoms with Gasteiger partial charge in [-0.05, 0) is 30.7 Å². The average Bonchev–Trinajstić information content (AvgIpc) is 2.36. The number of fused-ring (bicyclic) bond motifs is 1. The molecular weight excluding hydrogens is 238 g/mol. The second-order valence-electron chi connectivity index (χ2n) is 3.91. The molecule has 0 saturated carbocycles. The first-order valence-electron chi connectivity index (χ1n) is 5.55. The fourth-order valence-electron chi connectivity index (χ4n) is 1.85. The van der Waals surface area contributed by atoms with E-state index < -0.39 is 0 Å². The number of benzene rings is 1. The first-order chi connectivity index (χ1) is 8.15. The molecule has 0 spiro atoms. The van der Waals surface area contributed by atoms with E-state index in [-0.39, 0.29) is 12.0 Å². The lowest BCUT2D eigenvalue weighted by Gasteiger charge is -2.34. The normalized spacial score (nSPS) is 18.2. The maximum atomic E-state index is 11.8. The van der Waals surface area contributed by atoms with Crippen molar-refractivity contribution in [1.82, 2.24) is 0 Å². The SMILES string of the molecule is C=CC(=O)N1CC(CC)Oc2ccc(Cl)cc21. The van der Waals surface area contributed by atoms with Crippen LogP contribution in [0, 0.1) is 0 Å². The molecule has 0 bridgehead atoms. The molecule has 0 fully saturated rings. The van der Waals surface area contributed by atoms with Crippen molar-refractivity contribution >= 4 is 23.2 Å². The first kappa shape index (κ1) is 12.0. The zero-order chi connectivity index (χ0) is 12.4. The van der Waals surface area contributed by atoms with Crippen molar-refractivity contribution in [1.29, 1.82) is 0 Å². The van der Waals surface area contributed by atoms with E-state index in [1.807, 2.05) is 6.92 Å². The molecule has 4 heteroatoms. The third-order valence-corrected chi connectivity index (χ3v) is 3.02. The summed E-state index contributed by atoms with van der Waals surface area (Å²) >= 11 is 5.94. The van der Waals surface area contributed by atoms with Gasteiger partial charge in [0, 0.05) is 5.02 Å². The van der Waals surface area contributed by atoms with Gasteiger partial charge in [0.2, 0.25) is 0 Å². The molecule has 90 valence electrons. The smallest absolute Gasteiger partial charge is 0.250 e. The number of ether oxygens (including phenoxy) is 1. The van der Waals surface area contributed by atoms with Crippen molar-refractivity contribution < 1.29 is 9.53 Å². The minimum Gasteiger partial charge on any atom is -0.486 e. The van der Waals surface area contributed by atoms with Gasteiger partial charge >= 0.3 is 0 Å². The Hall–Kier alpha value is -1.48. The van der Waals surface area contributed by atoms with Crippen molar-refractivity contribution in [3.05, 3.63) is 35.9 Å². The lowest BCUT2D eigenvalue weighted by atomic mass is 10.1. The number of halogens is 1. The van der Waals surface area contributed by atoms with Crippen LogP contribution in [-0.2, 0) is 4.79 Å². The summed E-state index contributed by atoms with van der Waals surface area (Å²) in [6.07, 6.45) is 2.18. The lowest BCUT2D eigenvalue weighted by Crippen LogP contribution is -2.42. The van der Waals surface area contributed by atoms with Crippen LogP contribution >= 0.6 is 11.6 Å². The number of carbonyl (C=O) groups is 1. The van der Waals surface area contributed by atoms with Crippen LogP contribution in [0.4, 0.5) is 5.69 Å². The highest BCUT2D eigenvalue weighted by Gasteiger charge is 2.27. The van der Waals surface area contributed by atoms with E-state index in [2.05, 4.69) is 6.58 Å². The standard InChI is InChI=1S/C13H14ClNO2/c1-3-10-8-15(13(16)4-2)11-7-9(14)5-6-12(11)17-10/h4-7,10H,2-3,8H2,1H3. The molecule has 1 heterocycles. The molecule has 1 aliphatic rings. The van der Waals surface area contributed by atoms with Crippen LogP contribution in [0.2, 0.25) is 5.02 Å². The minimum absolute atomic E-state index is 0.0209. The van der Waals surface area contributed by atoms with Crippen molar-refractivity contribution in [3.8, 4) is 5.75 Å². The maximum absolute atomic E-state index is 11.8. The topological polar surface area (TPSA) is 29.5 Å². The number of hydrogen-bond donors (Lipinski definition) is 0. The zero-order valence-electron chi connectivity index (χ0n) is 9.65. The van der Waals surface area contributed by atoms with Gasteiger partial charge in [0.1, 0.15) is 11.9 Å². The Bertz CT molecular complexity index is 459. The first-order valence-corrected chi connectivity index (χ1v) is 5.93. The molecule has 1 unspecified atom stereocenters. The predicted molar refractivity (Wildman–Crippen MR) is 68.7 cm³/mol. The van der Waals surface area contributed by atoms with Gasteiger partial charge in [-0.25, -0.2) is 0 Å². The van der Waals surface area contributed by atoms with Crippen LogP contribution in [-0.4, -0.2) is 18.6 Å². The summed E-state index contributed by atoms with van der Waals surface area (Å²) in [5, 5.41) is 0.587. The van der Waals surface area contributed by atoms with Gasteiger partial charge in [0.25, 0.3) is 5.91 Å². The molecule has 0 aromatic heterocycles. The average molecular weight is 252 g/mol. The van der Waals surface area contributed by atoms with Gasteiger partial charge < -0.3 is 9.64 Å². The number of carbonyl (C=O) groups excluding carboxylic acids is 1. The highest BCUT2D eigenvalue weighted by molar-refractivity contribution is 6.31. The van der Waals surface area contributed by atoms with Crippen LogP contribution in [0.1, 0.15) is 13.3 Å². The largest absolute Gasteiger partial charge is 0.486 e. The van der Waals surface area contributed by atoms with E-state index in [1.54, 1.807) is 23.1 Å². The Morgan fingerprint density at radius 3 is 3.12 bits per heavy atom. The molecule has 1 aromatic carbocycles. The summed E-state index contributed by atoms with van der Waals surface area (Å²) in [5.41, 5.74) is 0.715. The molecule has 0 aliphatic carbocycles. The Morgan fingerprint density at radius 2 is 2.47 bits per heavy atom. The highest BCUT2D eigenvalue weighted by Crippen LogP contribution is 2.36. The van der Waals surface area contributed by atoms with Crippen LogP contribution in [0.15, 0.2) is 30.9 Å². The molecule has 1 aromatic rings. The van der Waals surface area contributed by atoms with Gasteiger partial charge in [-0.3, -0.25) is 4.79 Å². The molecule has 0 saturated heterocycles. The van der Waals surface area contributed by atoms with Gasteiger partial charge in [-0.2, -0.15) is 0 Å². The van der Waals surface area contributed by atoms with Crippen molar-refractivity contribution in [3.63, 3.8) is 0 Å². The molecule has 0 N–H and O–H groups in total. The van der Waals surface area contributed by atoms with Crippen LogP contribution < -0.4 is 9.64 Å². The van der Waals surface area contributed by atoms with E-state index in [0.29, 0.717) is 23.0 Å². The summed E-state index contributed by atoms with van der Waals surface area (Å²) in [4.78, 5) is 13.5. The Labute approximate surface area is 106 Å². The Morgan fingerprint density at radius 1 is 1.71 bits per heavy atom. The van der Waals surface area contributed by atoms with E-state index in [9.17, 15) is 4.79 Å². The summed E-state index contributed by atoms with van der Waals surface area (Å²) in [7, 11) is 0. The van der Waals surface area contributed by atoms with Gasteiger partial charge in [0.05, 0.1) is 12.2 Å². The summed E-state index contributed by atoms with van der Waals surface area (Å²) in [5.74, 6) is 0.568. The quantitative estimate of drug-likeness (QED) is 0.756. The van der Waals surface area contributed by atoms with Gasteiger partial charge in [-0.1, -0.05) is 25.1 Å². The van der Waals surface area contributed by atoms with E-state index in [0.717, 1.165) is 6.42 Å². The number of hydrogen-bond acceptors (Lipinski definition) is 2. The van der Waals surface area contributed by atoms with E-state index >= 15 is 0 Å². The number of amides is 1. The second-order valence-corrected chi connectivity index (χ2v) is 4.35. The summed E-state index contributed by atoms with van der Waals surface area (Å²) < 4.78 is 5.77. The Kier molecular flexibility index (Phi) is 3.38. The predicted octanol–water partition coefficient (Wildman–Crippen LogP) is 3.03. The van der Waals surface area contributed by atoms with Gasteiger partial charge in [-0.15, -0.1) is 0 Å². The zero-order valence-corrected chi connectivity index (χ0v) is 10.4. The molecule has 17 heavy (non-hydrogen) atoms. The number of rotatable bonds is 2. The van der Waals surface area contributed by atoms with E-state index in [4.69, 9.17) is 16.3 Å². The van der Waals surface area contributed by atoms with E-state index in [1.165, 1.54) is 6.08 Å². The van der Waals surface area contributed by atoms with Gasteiger partial charge in [0.15, 0.2) is 0 Å². The number of nitrogens with zero attached hydrogens (tertiary/aromatic N) is 1. The van der Waals surface area contributed by atoms with Crippen LogP contribution in [0.3, 0.4) is 0 Å². The third kappa shape index (κ3) is 2.29.